The van der Waals surface area contributed by atoms with Crippen LogP contribution in [0.1, 0.15) is 39.9 Å². The second-order valence-corrected chi connectivity index (χ2v) is 11.3. The van der Waals surface area contributed by atoms with E-state index < -0.39 is 16.9 Å². The lowest BCUT2D eigenvalue weighted by molar-refractivity contribution is -0.137. The van der Waals surface area contributed by atoms with Crippen molar-refractivity contribution in [1.82, 2.24) is 4.90 Å². The van der Waals surface area contributed by atoms with Gasteiger partial charge in [-0.05, 0) is 61.7 Å². The zero-order chi connectivity index (χ0) is 27.8. The summed E-state index contributed by atoms with van der Waals surface area (Å²) >= 11 is 6.50. The SMILES string of the molecule is C=CCOc1cccc(C(=O)C2C3CCCN3C3(C(=O)Nc4c3ccc(Cl)c4C)C23C(=O)Nc2ccccc23)c1. The number of carbonyl (C=O) groups excluding carboxylic acids is 3. The molecule has 7 nitrogen and oxygen atoms in total. The number of fused-ring (bicyclic) bond motifs is 7. The predicted molar refractivity (Wildman–Crippen MR) is 153 cm³/mol. The fraction of sp³-hybridized carbons (Fsp3) is 0.281. The van der Waals surface area contributed by atoms with E-state index >= 15 is 0 Å². The standard InChI is InChI=1S/C32H28ClN3O4/c1-3-16-40-20-9-6-8-19(17-20)28(37)26-25-12-7-15-36(25)32(22-13-14-23(33)18(2)27(22)35-30(32)39)31(26)21-10-4-5-11-24(21)34-29(31)38/h3-6,8-11,13-14,17,25-26H,1,7,12,15-16H2,2H3,(H,34,38)(H,35,39). The number of para-hydroxylation sites is 1. The molecule has 4 aliphatic heterocycles. The van der Waals surface area contributed by atoms with E-state index in [-0.39, 0.29) is 23.6 Å². The largest absolute Gasteiger partial charge is 0.490 e. The number of rotatable bonds is 5. The Hall–Kier alpha value is -3.94. The van der Waals surface area contributed by atoms with Gasteiger partial charge in [-0.25, -0.2) is 0 Å². The Labute approximate surface area is 237 Å². The number of ketones is 1. The van der Waals surface area contributed by atoms with Crippen molar-refractivity contribution in [3.8, 4) is 5.75 Å². The topological polar surface area (TPSA) is 87.7 Å². The summed E-state index contributed by atoms with van der Waals surface area (Å²) in [4.78, 5) is 46.0. The molecule has 4 aliphatic rings. The molecule has 2 fully saturated rings. The van der Waals surface area contributed by atoms with Crippen LogP contribution >= 0.6 is 11.6 Å². The second kappa shape index (κ2) is 8.78. The third-order valence-electron chi connectivity index (χ3n) is 9.23. The molecule has 2 saturated heterocycles. The maximum absolute atomic E-state index is 14.8. The number of ether oxygens (including phenoxy) is 1. The highest BCUT2D eigenvalue weighted by Gasteiger charge is 2.81. The molecule has 202 valence electrons. The van der Waals surface area contributed by atoms with Gasteiger partial charge in [-0.2, -0.15) is 0 Å². The smallest absolute Gasteiger partial charge is 0.251 e. The number of benzene rings is 3. The molecule has 4 unspecified atom stereocenters. The Kier molecular flexibility index (Phi) is 5.50. The first-order chi connectivity index (χ1) is 19.4. The lowest BCUT2D eigenvalue weighted by Gasteiger charge is -2.43. The van der Waals surface area contributed by atoms with E-state index in [4.69, 9.17) is 16.3 Å². The Balaban J connectivity index is 1.53. The van der Waals surface area contributed by atoms with Gasteiger partial charge in [-0.1, -0.05) is 60.7 Å². The molecule has 7 rings (SSSR count). The monoisotopic (exact) mass is 553 g/mol. The molecule has 0 aliphatic carbocycles. The lowest BCUT2D eigenvalue weighted by Crippen LogP contribution is -2.62. The van der Waals surface area contributed by atoms with Crippen LogP contribution in [-0.4, -0.2) is 41.7 Å². The van der Waals surface area contributed by atoms with Crippen LogP contribution in [0, 0.1) is 12.8 Å². The molecular formula is C32H28ClN3O4. The van der Waals surface area contributed by atoms with E-state index in [0.29, 0.717) is 58.4 Å². The summed E-state index contributed by atoms with van der Waals surface area (Å²) in [6.07, 6.45) is 3.15. The van der Waals surface area contributed by atoms with Gasteiger partial charge in [-0.15, -0.1) is 0 Å². The molecule has 4 atom stereocenters. The van der Waals surface area contributed by atoms with Gasteiger partial charge in [0.25, 0.3) is 5.91 Å². The van der Waals surface area contributed by atoms with Crippen LogP contribution < -0.4 is 15.4 Å². The lowest BCUT2D eigenvalue weighted by atomic mass is 9.57. The van der Waals surface area contributed by atoms with Gasteiger partial charge in [0, 0.05) is 27.9 Å². The van der Waals surface area contributed by atoms with Crippen molar-refractivity contribution < 1.29 is 19.1 Å². The van der Waals surface area contributed by atoms with E-state index in [2.05, 4.69) is 22.1 Å². The molecule has 0 radical (unpaired) electrons. The van der Waals surface area contributed by atoms with Crippen molar-refractivity contribution in [2.24, 2.45) is 5.92 Å². The quantitative estimate of drug-likeness (QED) is 0.334. The van der Waals surface area contributed by atoms with E-state index in [9.17, 15) is 14.4 Å². The minimum absolute atomic E-state index is 0.184. The van der Waals surface area contributed by atoms with Crippen LogP contribution in [-0.2, 0) is 20.5 Å². The molecule has 8 heteroatoms. The maximum Gasteiger partial charge on any atom is 0.251 e. The number of amides is 2. The molecule has 3 aromatic rings. The number of nitrogens with zero attached hydrogens (tertiary/aromatic N) is 1. The summed E-state index contributed by atoms with van der Waals surface area (Å²) < 4.78 is 5.73. The van der Waals surface area contributed by atoms with E-state index in [1.54, 1.807) is 36.4 Å². The number of nitrogens with one attached hydrogen (secondary N) is 2. The minimum Gasteiger partial charge on any atom is -0.490 e. The average molecular weight is 554 g/mol. The summed E-state index contributed by atoms with van der Waals surface area (Å²) in [5.41, 5.74) is 0.862. The van der Waals surface area contributed by atoms with Crippen LogP contribution in [0.25, 0.3) is 0 Å². The van der Waals surface area contributed by atoms with Crippen LogP contribution in [0.2, 0.25) is 5.02 Å². The third kappa shape index (κ3) is 2.91. The Bertz CT molecular complexity index is 1640. The summed E-state index contributed by atoms with van der Waals surface area (Å²) in [5.74, 6) is -1.10. The molecule has 3 aromatic carbocycles. The first-order valence-corrected chi connectivity index (χ1v) is 13.9. The van der Waals surface area contributed by atoms with Crippen molar-refractivity contribution >= 4 is 40.6 Å². The van der Waals surface area contributed by atoms with E-state index in [0.717, 1.165) is 12.0 Å². The molecule has 0 aromatic heterocycles. The highest BCUT2D eigenvalue weighted by atomic mass is 35.5. The number of anilines is 2. The molecule has 2 amide bonds. The van der Waals surface area contributed by atoms with E-state index in [1.165, 1.54) is 0 Å². The fourth-order valence-electron chi connectivity index (χ4n) is 7.84. The number of carbonyl (C=O) groups is 3. The molecule has 0 saturated carbocycles. The van der Waals surface area contributed by atoms with Gasteiger partial charge >= 0.3 is 0 Å². The number of hydrogen-bond donors (Lipinski definition) is 2. The summed E-state index contributed by atoms with van der Waals surface area (Å²) in [6.45, 7) is 6.46. The van der Waals surface area contributed by atoms with Crippen molar-refractivity contribution in [1.29, 1.82) is 0 Å². The van der Waals surface area contributed by atoms with Crippen LogP contribution in [0.4, 0.5) is 11.4 Å². The van der Waals surface area contributed by atoms with Gasteiger partial charge in [0.1, 0.15) is 23.3 Å². The normalized spacial score (nSPS) is 27.9. The first-order valence-electron chi connectivity index (χ1n) is 13.5. The van der Waals surface area contributed by atoms with Crippen LogP contribution in [0.5, 0.6) is 5.75 Å². The summed E-state index contributed by atoms with van der Waals surface area (Å²) in [6, 6.07) is 17.8. The number of halogens is 1. The minimum atomic E-state index is -1.50. The van der Waals surface area contributed by atoms with Gasteiger partial charge in [0.2, 0.25) is 5.91 Å². The van der Waals surface area contributed by atoms with Crippen molar-refractivity contribution in [3.63, 3.8) is 0 Å². The van der Waals surface area contributed by atoms with Crippen LogP contribution in [0.15, 0.2) is 73.3 Å². The predicted octanol–water partition coefficient (Wildman–Crippen LogP) is 5.23. The highest BCUT2D eigenvalue weighted by Crippen LogP contribution is 2.68. The molecule has 2 N–H and O–H groups in total. The molecule has 2 spiro atoms. The molecule has 4 heterocycles. The van der Waals surface area contributed by atoms with Crippen molar-refractivity contribution in [2.75, 3.05) is 23.8 Å². The van der Waals surface area contributed by atoms with Gasteiger partial charge in [-0.3, -0.25) is 19.3 Å². The van der Waals surface area contributed by atoms with Crippen molar-refractivity contribution in [3.05, 3.63) is 101 Å². The zero-order valence-corrected chi connectivity index (χ0v) is 22.8. The number of Topliss-reactive ketones (excluding diaryl/α,β-unsaturated/α-hetero) is 1. The second-order valence-electron chi connectivity index (χ2n) is 10.9. The molecule has 40 heavy (non-hydrogen) atoms. The van der Waals surface area contributed by atoms with Gasteiger partial charge in [0.05, 0.1) is 11.6 Å². The molecular weight excluding hydrogens is 526 g/mol. The average Bonchev–Trinajstić information content (AvgIpc) is 3.68. The first kappa shape index (κ1) is 25.1. The Morgan fingerprint density at radius 3 is 2.75 bits per heavy atom. The zero-order valence-electron chi connectivity index (χ0n) is 22.0. The number of hydrogen-bond acceptors (Lipinski definition) is 5. The van der Waals surface area contributed by atoms with Gasteiger partial charge < -0.3 is 15.4 Å². The van der Waals surface area contributed by atoms with Gasteiger partial charge in [0.15, 0.2) is 5.78 Å². The summed E-state index contributed by atoms with van der Waals surface area (Å²) in [7, 11) is 0. The molecule has 0 bridgehead atoms. The Morgan fingerprint density at radius 1 is 1.10 bits per heavy atom. The van der Waals surface area contributed by atoms with Crippen LogP contribution in [0.3, 0.4) is 0 Å². The van der Waals surface area contributed by atoms with E-state index in [1.807, 2.05) is 37.3 Å². The van der Waals surface area contributed by atoms with Crippen molar-refractivity contribution in [2.45, 2.75) is 36.8 Å². The summed E-state index contributed by atoms with van der Waals surface area (Å²) in [5, 5.41) is 6.69. The maximum atomic E-state index is 14.8. The third-order valence-corrected chi connectivity index (χ3v) is 9.64. The Morgan fingerprint density at radius 2 is 1.93 bits per heavy atom. The fourth-order valence-corrected chi connectivity index (χ4v) is 8.00. The highest BCUT2D eigenvalue weighted by molar-refractivity contribution is 6.32.